The van der Waals surface area contributed by atoms with Crippen molar-refractivity contribution >= 4 is 0 Å². The van der Waals surface area contributed by atoms with E-state index in [4.69, 9.17) is 5.73 Å². The van der Waals surface area contributed by atoms with Gasteiger partial charge in [-0.2, -0.15) is 0 Å². The fourth-order valence-corrected chi connectivity index (χ4v) is 1.10. The van der Waals surface area contributed by atoms with Gasteiger partial charge in [-0.1, -0.05) is 17.7 Å². The molecular formula is C8H12FN. The molecule has 0 saturated heterocycles. The maximum absolute atomic E-state index is 12.6. The summed E-state index contributed by atoms with van der Waals surface area (Å²) in [6, 6.07) is 0. The van der Waals surface area contributed by atoms with Crippen LogP contribution in [0, 0.1) is 0 Å². The summed E-state index contributed by atoms with van der Waals surface area (Å²) in [5.74, 6) is 0. The highest BCUT2D eigenvalue weighted by molar-refractivity contribution is 5.31. The molecule has 2 N–H and O–H groups in total. The van der Waals surface area contributed by atoms with Crippen molar-refractivity contribution in [2.45, 2.75) is 19.5 Å². The summed E-state index contributed by atoms with van der Waals surface area (Å²) < 4.78 is 12.6. The molecule has 1 rings (SSSR count). The molecular weight excluding hydrogens is 129 g/mol. The molecule has 0 aromatic rings. The quantitative estimate of drug-likeness (QED) is 0.589. The molecule has 0 bridgehead atoms. The molecule has 0 fully saturated rings. The van der Waals surface area contributed by atoms with Crippen LogP contribution in [0.25, 0.3) is 0 Å². The Hall–Kier alpha value is -0.630. The van der Waals surface area contributed by atoms with Gasteiger partial charge in [0.05, 0.1) is 0 Å². The summed E-state index contributed by atoms with van der Waals surface area (Å²) in [5, 5.41) is 0. The molecule has 1 aliphatic rings. The van der Waals surface area contributed by atoms with E-state index in [1.165, 1.54) is 0 Å². The first-order valence-electron chi connectivity index (χ1n) is 3.45. The fourth-order valence-electron chi connectivity index (χ4n) is 1.10. The Labute approximate surface area is 60.4 Å². The van der Waals surface area contributed by atoms with Gasteiger partial charge < -0.3 is 5.73 Å². The number of allylic oxidation sites excluding steroid dienone is 2. The highest BCUT2D eigenvalue weighted by atomic mass is 19.1. The third kappa shape index (κ3) is 1.45. The monoisotopic (exact) mass is 141 g/mol. The van der Waals surface area contributed by atoms with Crippen LogP contribution in [-0.2, 0) is 0 Å². The average molecular weight is 141 g/mol. The van der Waals surface area contributed by atoms with Crippen molar-refractivity contribution in [2.75, 3.05) is 6.54 Å². The minimum atomic E-state index is -0.796. The van der Waals surface area contributed by atoms with Crippen molar-refractivity contribution in [1.82, 2.24) is 0 Å². The van der Waals surface area contributed by atoms with Crippen LogP contribution in [0.1, 0.15) is 13.3 Å². The van der Waals surface area contributed by atoms with Crippen molar-refractivity contribution in [3.05, 3.63) is 23.3 Å². The minimum Gasteiger partial charge on any atom is -0.326 e. The second-order valence-corrected chi connectivity index (χ2v) is 2.59. The Morgan fingerprint density at radius 1 is 1.80 bits per heavy atom. The van der Waals surface area contributed by atoms with Crippen LogP contribution in [0.4, 0.5) is 4.39 Å². The van der Waals surface area contributed by atoms with E-state index in [1.807, 2.05) is 6.92 Å². The standard InChI is InChI=1S/C8H12FN/c1-6-4-8(9)3-2-7(6)5-10/h2-3,8H,4-5,10H2,1H3. The molecule has 0 radical (unpaired) electrons. The van der Waals surface area contributed by atoms with Crippen LogP contribution < -0.4 is 5.73 Å². The van der Waals surface area contributed by atoms with Gasteiger partial charge >= 0.3 is 0 Å². The summed E-state index contributed by atoms with van der Waals surface area (Å²) in [4.78, 5) is 0. The van der Waals surface area contributed by atoms with Crippen molar-refractivity contribution in [1.29, 1.82) is 0 Å². The van der Waals surface area contributed by atoms with Crippen molar-refractivity contribution < 1.29 is 4.39 Å². The van der Waals surface area contributed by atoms with Gasteiger partial charge in [-0.05, 0) is 12.5 Å². The maximum Gasteiger partial charge on any atom is 0.122 e. The fraction of sp³-hybridized carbons (Fsp3) is 0.500. The largest absolute Gasteiger partial charge is 0.326 e. The lowest BCUT2D eigenvalue weighted by molar-refractivity contribution is 0.393. The lowest BCUT2D eigenvalue weighted by Gasteiger charge is -2.13. The topological polar surface area (TPSA) is 26.0 Å². The van der Waals surface area contributed by atoms with E-state index in [1.54, 1.807) is 12.2 Å². The summed E-state index contributed by atoms with van der Waals surface area (Å²) in [7, 11) is 0. The van der Waals surface area contributed by atoms with Crippen LogP contribution in [0.3, 0.4) is 0 Å². The molecule has 56 valence electrons. The van der Waals surface area contributed by atoms with E-state index >= 15 is 0 Å². The molecule has 1 unspecified atom stereocenters. The van der Waals surface area contributed by atoms with Gasteiger partial charge in [0.25, 0.3) is 0 Å². The Morgan fingerprint density at radius 3 is 3.00 bits per heavy atom. The molecule has 1 nitrogen and oxygen atoms in total. The Morgan fingerprint density at radius 2 is 2.50 bits per heavy atom. The van der Waals surface area contributed by atoms with Crippen LogP contribution in [0.2, 0.25) is 0 Å². The SMILES string of the molecule is CC1=C(CN)C=CC(F)C1. The van der Waals surface area contributed by atoms with Crippen molar-refractivity contribution in [3.63, 3.8) is 0 Å². The van der Waals surface area contributed by atoms with E-state index in [2.05, 4.69) is 0 Å². The zero-order valence-corrected chi connectivity index (χ0v) is 6.10. The molecule has 0 aliphatic heterocycles. The summed E-state index contributed by atoms with van der Waals surface area (Å²) >= 11 is 0. The van der Waals surface area contributed by atoms with E-state index in [-0.39, 0.29) is 0 Å². The molecule has 1 atom stereocenters. The molecule has 0 spiro atoms. The number of hydrogen-bond donors (Lipinski definition) is 1. The molecule has 0 aromatic carbocycles. The minimum absolute atomic E-state index is 0.517. The molecule has 10 heavy (non-hydrogen) atoms. The first-order valence-corrected chi connectivity index (χ1v) is 3.45. The van der Waals surface area contributed by atoms with E-state index in [9.17, 15) is 4.39 Å². The maximum atomic E-state index is 12.6. The Kier molecular flexibility index (Phi) is 2.22. The lowest BCUT2D eigenvalue weighted by atomic mass is 9.98. The zero-order chi connectivity index (χ0) is 7.56. The highest BCUT2D eigenvalue weighted by Crippen LogP contribution is 2.19. The van der Waals surface area contributed by atoms with Gasteiger partial charge in [0.2, 0.25) is 0 Å². The first-order chi connectivity index (χ1) is 4.74. The third-order valence-electron chi connectivity index (χ3n) is 1.78. The summed E-state index contributed by atoms with van der Waals surface area (Å²) in [6.45, 7) is 2.45. The van der Waals surface area contributed by atoms with Gasteiger partial charge in [-0.3, -0.25) is 0 Å². The summed E-state index contributed by atoms with van der Waals surface area (Å²) in [6.07, 6.45) is 3.07. The van der Waals surface area contributed by atoms with Crippen LogP contribution in [-0.4, -0.2) is 12.7 Å². The van der Waals surface area contributed by atoms with E-state index in [0.717, 1.165) is 11.1 Å². The molecule has 1 aliphatic carbocycles. The van der Waals surface area contributed by atoms with E-state index < -0.39 is 6.17 Å². The predicted octanol–water partition coefficient (Wildman–Crippen LogP) is 1.56. The predicted molar refractivity (Wildman–Crippen MR) is 40.4 cm³/mol. The van der Waals surface area contributed by atoms with Crippen molar-refractivity contribution in [3.8, 4) is 0 Å². The van der Waals surface area contributed by atoms with Crippen LogP contribution in [0.5, 0.6) is 0 Å². The smallest absolute Gasteiger partial charge is 0.122 e. The molecule has 0 heterocycles. The van der Waals surface area contributed by atoms with Gasteiger partial charge in [0, 0.05) is 13.0 Å². The molecule has 0 aromatic heterocycles. The van der Waals surface area contributed by atoms with Crippen molar-refractivity contribution in [2.24, 2.45) is 5.73 Å². The Bertz CT molecular complexity index is 182. The van der Waals surface area contributed by atoms with Gasteiger partial charge in [0.15, 0.2) is 0 Å². The lowest BCUT2D eigenvalue weighted by Crippen LogP contribution is -2.10. The number of nitrogens with two attached hydrogens (primary N) is 1. The molecule has 0 amide bonds. The van der Waals surface area contributed by atoms with Gasteiger partial charge in [-0.15, -0.1) is 0 Å². The molecule has 2 heteroatoms. The zero-order valence-electron chi connectivity index (χ0n) is 6.10. The van der Waals surface area contributed by atoms with Gasteiger partial charge in [-0.25, -0.2) is 4.39 Å². The Balaban J connectivity index is 2.73. The highest BCUT2D eigenvalue weighted by Gasteiger charge is 2.10. The second-order valence-electron chi connectivity index (χ2n) is 2.59. The van der Waals surface area contributed by atoms with Gasteiger partial charge in [0.1, 0.15) is 6.17 Å². The number of halogens is 1. The van der Waals surface area contributed by atoms with Crippen LogP contribution >= 0.6 is 0 Å². The summed E-state index contributed by atoms with van der Waals surface area (Å²) in [5.41, 5.74) is 7.57. The second kappa shape index (κ2) is 2.97. The molecule has 0 saturated carbocycles. The van der Waals surface area contributed by atoms with E-state index in [0.29, 0.717) is 13.0 Å². The number of alkyl halides is 1. The number of hydrogen-bond acceptors (Lipinski definition) is 1. The third-order valence-corrected chi connectivity index (χ3v) is 1.78. The first kappa shape index (κ1) is 7.48. The average Bonchev–Trinajstić information content (AvgIpc) is 1.88. The van der Waals surface area contributed by atoms with Crippen LogP contribution in [0.15, 0.2) is 23.3 Å². The normalized spacial score (nSPS) is 25.7. The number of rotatable bonds is 1.